The molecule has 196 valence electrons. The molecule has 1 saturated heterocycles. The lowest BCUT2D eigenvalue weighted by Gasteiger charge is -2.32. The Labute approximate surface area is 212 Å². The lowest BCUT2D eigenvalue weighted by molar-refractivity contribution is -0.127. The average molecular weight is 530 g/mol. The van der Waals surface area contributed by atoms with Crippen LogP contribution in [0.3, 0.4) is 0 Å². The summed E-state index contributed by atoms with van der Waals surface area (Å²) in [6.07, 6.45) is 3.82. The number of piperidine rings is 1. The Morgan fingerprint density at radius 2 is 1.82 bits per heavy atom. The lowest BCUT2D eigenvalue weighted by Crippen LogP contribution is -2.40. The first-order valence-electron chi connectivity index (χ1n) is 11.4. The Hall–Kier alpha value is -4.55. The smallest absolute Gasteiger partial charge is 0.246 e. The number of anilines is 1. The summed E-state index contributed by atoms with van der Waals surface area (Å²) in [6.45, 7) is 4.39. The number of nitrogens with two attached hydrogens (primary N) is 1. The number of fused-ring (bicyclic) bond motifs is 1. The maximum Gasteiger partial charge on any atom is 0.246 e. The molecule has 3 heterocycles. The topological polar surface area (TPSA) is 99.2 Å². The van der Waals surface area contributed by atoms with Gasteiger partial charge in [0.1, 0.15) is 29.4 Å². The van der Waals surface area contributed by atoms with Crippen LogP contribution in [-0.4, -0.2) is 43.6 Å². The van der Waals surface area contributed by atoms with Crippen molar-refractivity contribution in [1.29, 1.82) is 0 Å². The van der Waals surface area contributed by atoms with Gasteiger partial charge in [0.25, 0.3) is 0 Å². The fraction of sp³-hybridized carbons (Fsp3) is 0.200. The van der Waals surface area contributed by atoms with Gasteiger partial charge in [-0.15, -0.1) is 0 Å². The van der Waals surface area contributed by atoms with E-state index >= 15 is 4.39 Å². The number of amides is 1. The number of hydrogen-bond acceptors (Lipinski definition) is 6. The van der Waals surface area contributed by atoms with E-state index in [1.165, 1.54) is 18.5 Å². The summed E-state index contributed by atoms with van der Waals surface area (Å²) in [4.78, 5) is 22.0. The van der Waals surface area contributed by atoms with Crippen molar-refractivity contribution in [2.24, 2.45) is 0 Å². The van der Waals surface area contributed by atoms with Gasteiger partial charge in [0.2, 0.25) is 23.3 Å². The van der Waals surface area contributed by atoms with Crippen molar-refractivity contribution in [2.45, 2.75) is 18.9 Å². The van der Waals surface area contributed by atoms with Gasteiger partial charge in [-0.3, -0.25) is 4.79 Å². The molecule has 2 aromatic heterocycles. The third kappa shape index (κ3) is 4.29. The zero-order valence-electron chi connectivity index (χ0n) is 19.6. The minimum Gasteiger partial charge on any atom is -0.451 e. The van der Waals surface area contributed by atoms with Crippen molar-refractivity contribution in [2.75, 3.05) is 18.8 Å². The van der Waals surface area contributed by atoms with Crippen LogP contribution in [0.1, 0.15) is 18.9 Å². The predicted molar refractivity (Wildman–Crippen MR) is 127 cm³/mol. The van der Waals surface area contributed by atoms with E-state index in [0.29, 0.717) is 31.6 Å². The number of ether oxygens (including phenoxy) is 1. The Kier molecular flexibility index (Phi) is 6.43. The van der Waals surface area contributed by atoms with E-state index in [1.54, 1.807) is 9.58 Å². The Morgan fingerprint density at radius 3 is 2.50 bits per heavy atom. The molecule has 0 aliphatic carbocycles. The Balaban J connectivity index is 1.55. The van der Waals surface area contributed by atoms with Gasteiger partial charge in [0.05, 0.1) is 11.4 Å². The molecule has 1 atom stereocenters. The van der Waals surface area contributed by atoms with Gasteiger partial charge in [0.15, 0.2) is 17.3 Å². The lowest BCUT2D eigenvalue weighted by atomic mass is 10.1. The van der Waals surface area contributed by atoms with E-state index in [2.05, 4.69) is 21.6 Å². The minimum absolute atomic E-state index is 0.0326. The Bertz CT molecular complexity index is 1560. The SMILES string of the molecule is C=CC(=O)N1CCCC(n2nc(-c3ccc(Oc4c(F)c(F)cc(F)c4F)cc3F)c3c(N)ncnc32)C1. The van der Waals surface area contributed by atoms with Crippen LogP contribution < -0.4 is 10.5 Å². The molecule has 1 fully saturated rings. The van der Waals surface area contributed by atoms with Gasteiger partial charge in [-0.05, 0) is 31.1 Å². The van der Waals surface area contributed by atoms with Crippen LogP contribution in [0, 0.1) is 29.1 Å². The number of nitrogen functional groups attached to an aromatic ring is 1. The third-order valence-electron chi connectivity index (χ3n) is 6.23. The van der Waals surface area contributed by atoms with Crippen LogP contribution in [-0.2, 0) is 4.79 Å². The molecule has 1 unspecified atom stereocenters. The first-order valence-corrected chi connectivity index (χ1v) is 11.4. The predicted octanol–water partition coefficient (Wildman–Crippen LogP) is 4.91. The first kappa shape index (κ1) is 25.1. The molecule has 2 N–H and O–H groups in total. The molecule has 0 spiro atoms. The maximum atomic E-state index is 15.3. The number of rotatable bonds is 5. The van der Waals surface area contributed by atoms with E-state index in [-0.39, 0.29) is 40.5 Å². The molecule has 1 amide bonds. The summed E-state index contributed by atoms with van der Waals surface area (Å²) < 4.78 is 76.9. The molecule has 1 aliphatic rings. The van der Waals surface area contributed by atoms with E-state index in [0.717, 1.165) is 12.1 Å². The quantitative estimate of drug-likeness (QED) is 0.224. The summed E-state index contributed by atoms with van der Waals surface area (Å²) in [6, 6.07) is 2.89. The van der Waals surface area contributed by atoms with Crippen LogP contribution in [0.15, 0.2) is 43.2 Å². The fourth-order valence-electron chi connectivity index (χ4n) is 4.43. The van der Waals surface area contributed by atoms with Gasteiger partial charge < -0.3 is 15.4 Å². The number of benzene rings is 2. The van der Waals surface area contributed by atoms with Gasteiger partial charge >= 0.3 is 0 Å². The van der Waals surface area contributed by atoms with Crippen molar-refractivity contribution in [3.63, 3.8) is 0 Å². The van der Waals surface area contributed by atoms with E-state index < -0.39 is 40.6 Å². The van der Waals surface area contributed by atoms with Crippen molar-refractivity contribution in [3.05, 3.63) is 72.3 Å². The molecule has 0 saturated carbocycles. The van der Waals surface area contributed by atoms with Crippen molar-refractivity contribution in [1.82, 2.24) is 24.6 Å². The summed E-state index contributed by atoms with van der Waals surface area (Å²) in [7, 11) is 0. The van der Waals surface area contributed by atoms with Crippen molar-refractivity contribution in [3.8, 4) is 22.8 Å². The highest BCUT2D eigenvalue weighted by atomic mass is 19.2. The standard InChI is InChI=1S/C25H19F5N6O2/c1-2-18(37)35-7-3-4-12(10-35)36-25-19(24(31)32-11-33-25)22(34-36)14-6-5-13(8-15(14)26)38-23-20(29)16(27)9-17(28)21(23)30/h2,5-6,8-9,11-12H,1,3-4,7,10H2,(H2,31,32,33). The summed E-state index contributed by atoms with van der Waals surface area (Å²) in [5.74, 6) is -9.76. The largest absolute Gasteiger partial charge is 0.451 e. The summed E-state index contributed by atoms with van der Waals surface area (Å²) in [5, 5.41) is 4.82. The second kappa shape index (κ2) is 9.72. The second-order valence-electron chi connectivity index (χ2n) is 8.58. The van der Waals surface area contributed by atoms with Gasteiger partial charge in [0, 0.05) is 30.8 Å². The monoisotopic (exact) mass is 530 g/mol. The number of likely N-dealkylation sites (tertiary alicyclic amines) is 1. The van der Waals surface area contributed by atoms with E-state index in [1.807, 2.05) is 0 Å². The molecule has 4 aromatic rings. The van der Waals surface area contributed by atoms with E-state index in [4.69, 9.17) is 10.5 Å². The molecule has 0 bridgehead atoms. The number of carbonyl (C=O) groups excluding carboxylic acids is 1. The highest BCUT2D eigenvalue weighted by Gasteiger charge is 2.29. The number of halogens is 5. The number of hydrogen-bond donors (Lipinski definition) is 1. The average Bonchev–Trinajstić information content (AvgIpc) is 3.30. The fourth-order valence-corrected chi connectivity index (χ4v) is 4.43. The summed E-state index contributed by atoms with van der Waals surface area (Å²) >= 11 is 0. The summed E-state index contributed by atoms with van der Waals surface area (Å²) in [5.41, 5.74) is 6.44. The zero-order chi connectivity index (χ0) is 27.1. The van der Waals surface area contributed by atoms with Crippen LogP contribution in [0.5, 0.6) is 11.5 Å². The van der Waals surface area contributed by atoms with Crippen molar-refractivity contribution < 1.29 is 31.5 Å². The van der Waals surface area contributed by atoms with Crippen LogP contribution in [0.25, 0.3) is 22.3 Å². The highest BCUT2D eigenvalue weighted by molar-refractivity contribution is 5.98. The molecule has 8 nitrogen and oxygen atoms in total. The molecule has 2 aromatic carbocycles. The molecule has 1 aliphatic heterocycles. The zero-order valence-corrected chi connectivity index (χ0v) is 19.6. The molecule has 13 heteroatoms. The second-order valence-corrected chi connectivity index (χ2v) is 8.58. The van der Waals surface area contributed by atoms with Gasteiger partial charge in [-0.2, -0.15) is 13.9 Å². The maximum absolute atomic E-state index is 15.3. The molecular weight excluding hydrogens is 511 g/mol. The third-order valence-corrected chi connectivity index (χ3v) is 6.23. The van der Waals surface area contributed by atoms with Crippen LogP contribution in [0.4, 0.5) is 27.8 Å². The molecule has 38 heavy (non-hydrogen) atoms. The van der Waals surface area contributed by atoms with E-state index in [9.17, 15) is 22.4 Å². The molecule has 5 rings (SSSR count). The Morgan fingerprint density at radius 1 is 1.08 bits per heavy atom. The van der Waals surface area contributed by atoms with Crippen LogP contribution >= 0.6 is 0 Å². The highest BCUT2D eigenvalue weighted by Crippen LogP contribution is 2.37. The number of aromatic nitrogens is 4. The molecular formula is C25H19F5N6O2. The first-order chi connectivity index (χ1) is 18.2. The minimum atomic E-state index is -1.76. The van der Waals surface area contributed by atoms with Gasteiger partial charge in [-0.25, -0.2) is 27.8 Å². The van der Waals surface area contributed by atoms with Gasteiger partial charge in [-0.1, -0.05) is 6.58 Å². The molecule has 0 radical (unpaired) electrons. The van der Waals surface area contributed by atoms with Crippen LogP contribution in [0.2, 0.25) is 0 Å². The number of nitrogens with zero attached hydrogens (tertiary/aromatic N) is 5. The van der Waals surface area contributed by atoms with Crippen molar-refractivity contribution >= 4 is 22.8 Å². The number of carbonyl (C=O) groups is 1. The normalized spacial score (nSPS) is 15.6.